The van der Waals surface area contributed by atoms with Crippen LogP contribution >= 0.6 is 0 Å². The number of amides is 2. The number of rotatable bonds is 7. The van der Waals surface area contributed by atoms with Crippen LogP contribution in [0.3, 0.4) is 0 Å². The molecule has 0 saturated carbocycles. The molecule has 0 heterocycles. The van der Waals surface area contributed by atoms with Crippen LogP contribution in [0.4, 0.5) is 5.69 Å². The molecule has 2 rings (SSSR count). The minimum Gasteiger partial charge on any atom is -0.462 e. The molecule has 0 atom stereocenters. The average Bonchev–Trinajstić information content (AvgIpc) is 2.65. The summed E-state index contributed by atoms with van der Waals surface area (Å²) in [5.41, 5.74) is 2.44. The van der Waals surface area contributed by atoms with E-state index in [4.69, 9.17) is 4.74 Å². The van der Waals surface area contributed by atoms with Gasteiger partial charge < -0.3 is 15.4 Å². The molecule has 2 aromatic rings. The van der Waals surface area contributed by atoms with E-state index in [1.54, 1.807) is 48.5 Å². The summed E-state index contributed by atoms with van der Waals surface area (Å²) in [6, 6.07) is 13.5. The summed E-state index contributed by atoms with van der Waals surface area (Å²) in [6.07, 6.45) is 0.767. The van der Waals surface area contributed by atoms with Gasteiger partial charge in [-0.25, -0.2) is 4.79 Å². The van der Waals surface area contributed by atoms with Gasteiger partial charge in [-0.2, -0.15) is 0 Å². The molecule has 136 valence electrons. The van der Waals surface area contributed by atoms with Crippen molar-refractivity contribution in [3.63, 3.8) is 0 Å². The van der Waals surface area contributed by atoms with Gasteiger partial charge in [-0.1, -0.05) is 19.1 Å². The van der Waals surface area contributed by atoms with Crippen LogP contribution in [-0.4, -0.2) is 24.4 Å². The summed E-state index contributed by atoms with van der Waals surface area (Å²) < 4.78 is 5.06. The lowest BCUT2D eigenvalue weighted by molar-refractivity contribution is -0.119. The summed E-state index contributed by atoms with van der Waals surface area (Å²) in [5.74, 6) is -0.731. The van der Waals surface area contributed by atoms with Crippen LogP contribution in [-0.2, 0) is 16.1 Å². The molecule has 0 saturated heterocycles. The third-order valence-electron chi connectivity index (χ3n) is 3.57. The second-order valence-corrected chi connectivity index (χ2v) is 5.77. The van der Waals surface area contributed by atoms with Crippen LogP contribution in [0, 0.1) is 0 Å². The zero-order chi connectivity index (χ0) is 18.9. The van der Waals surface area contributed by atoms with Crippen molar-refractivity contribution in [1.29, 1.82) is 0 Å². The van der Waals surface area contributed by atoms with Crippen molar-refractivity contribution in [1.82, 2.24) is 5.32 Å². The number of hydrogen-bond donors (Lipinski definition) is 2. The molecular formula is C20H22N2O4. The van der Waals surface area contributed by atoms with Crippen LogP contribution < -0.4 is 10.6 Å². The van der Waals surface area contributed by atoms with E-state index in [1.165, 1.54) is 6.92 Å². The fraction of sp³-hybridized carbons (Fsp3) is 0.250. The number of ether oxygens (including phenoxy) is 1. The Morgan fingerprint density at radius 2 is 1.54 bits per heavy atom. The second-order valence-electron chi connectivity index (χ2n) is 5.77. The Morgan fingerprint density at radius 3 is 2.12 bits per heavy atom. The fourth-order valence-electron chi connectivity index (χ4n) is 2.17. The van der Waals surface area contributed by atoms with E-state index in [9.17, 15) is 14.4 Å². The molecule has 0 aromatic heterocycles. The molecule has 0 fully saturated rings. The predicted molar refractivity (Wildman–Crippen MR) is 98.9 cm³/mol. The topological polar surface area (TPSA) is 84.5 Å². The molecule has 0 aliphatic heterocycles. The summed E-state index contributed by atoms with van der Waals surface area (Å²) in [4.78, 5) is 34.9. The summed E-state index contributed by atoms with van der Waals surface area (Å²) in [6.45, 7) is 4.19. The van der Waals surface area contributed by atoms with Crippen molar-refractivity contribution >= 4 is 23.5 Å². The highest BCUT2D eigenvalue weighted by atomic mass is 16.5. The number of nitrogens with one attached hydrogen (secondary N) is 2. The number of anilines is 1. The first-order valence-electron chi connectivity index (χ1n) is 8.41. The van der Waals surface area contributed by atoms with Gasteiger partial charge in [0.1, 0.15) is 0 Å². The molecule has 2 aromatic carbocycles. The maximum atomic E-state index is 12.3. The van der Waals surface area contributed by atoms with Gasteiger partial charge >= 0.3 is 5.97 Å². The largest absolute Gasteiger partial charge is 0.462 e. The number of benzene rings is 2. The van der Waals surface area contributed by atoms with Gasteiger partial charge in [-0.05, 0) is 48.4 Å². The van der Waals surface area contributed by atoms with Crippen LogP contribution in [0.25, 0.3) is 0 Å². The van der Waals surface area contributed by atoms with Gasteiger partial charge in [0.15, 0.2) is 0 Å². The molecule has 0 spiro atoms. The summed E-state index contributed by atoms with van der Waals surface area (Å²) >= 11 is 0. The maximum absolute atomic E-state index is 12.3. The summed E-state index contributed by atoms with van der Waals surface area (Å²) in [7, 11) is 0. The van der Waals surface area contributed by atoms with Crippen molar-refractivity contribution in [2.75, 3.05) is 11.9 Å². The van der Waals surface area contributed by atoms with Gasteiger partial charge in [0.05, 0.1) is 12.2 Å². The molecule has 2 amide bonds. The SMILES string of the molecule is CCCOC(=O)c1ccc(NC(=O)c2ccc(CNC(C)=O)cc2)cc1. The van der Waals surface area contributed by atoms with E-state index in [1.807, 2.05) is 6.92 Å². The smallest absolute Gasteiger partial charge is 0.338 e. The summed E-state index contributed by atoms with van der Waals surface area (Å²) in [5, 5.41) is 5.48. The van der Waals surface area contributed by atoms with Crippen molar-refractivity contribution in [3.8, 4) is 0 Å². The number of carbonyl (C=O) groups is 3. The molecular weight excluding hydrogens is 332 g/mol. The number of esters is 1. The molecule has 26 heavy (non-hydrogen) atoms. The van der Waals surface area contributed by atoms with Crippen LogP contribution in [0.15, 0.2) is 48.5 Å². The van der Waals surface area contributed by atoms with Gasteiger partial charge in [0.2, 0.25) is 5.91 Å². The first-order chi connectivity index (χ1) is 12.5. The van der Waals surface area contributed by atoms with Crippen LogP contribution in [0.2, 0.25) is 0 Å². The fourth-order valence-corrected chi connectivity index (χ4v) is 2.17. The van der Waals surface area contributed by atoms with Gasteiger partial charge in [0, 0.05) is 24.7 Å². The molecule has 0 aliphatic rings. The quantitative estimate of drug-likeness (QED) is 0.748. The Morgan fingerprint density at radius 1 is 0.923 bits per heavy atom. The van der Waals surface area contributed by atoms with Crippen LogP contribution in [0.5, 0.6) is 0 Å². The predicted octanol–water partition coefficient (Wildman–Crippen LogP) is 3.14. The highest BCUT2D eigenvalue weighted by Crippen LogP contribution is 2.13. The van der Waals surface area contributed by atoms with E-state index in [0.29, 0.717) is 30.0 Å². The van der Waals surface area contributed by atoms with Gasteiger partial charge in [-0.3, -0.25) is 9.59 Å². The van der Waals surface area contributed by atoms with E-state index in [-0.39, 0.29) is 17.8 Å². The molecule has 0 unspecified atom stereocenters. The van der Waals surface area contributed by atoms with Crippen molar-refractivity contribution in [2.24, 2.45) is 0 Å². The second kappa shape index (κ2) is 9.36. The van der Waals surface area contributed by atoms with Crippen molar-refractivity contribution in [2.45, 2.75) is 26.8 Å². The normalized spacial score (nSPS) is 10.1. The van der Waals surface area contributed by atoms with E-state index in [2.05, 4.69) is 10.6 Å². The Hall–Kier alpha value is -3.15. The van der Waals surface area contributed by atoms with Gasteiger partial charge in [0.25, 0.3) is 5.91 Å². The molecule has 0 bridgehead atoms. The lowest BCUT2D eigenvalue weighted by Crippen LogP contribution is -2.19. The maximum Gasteiger partial charge on any atom is 0.338 e. The minimum absolute atomic E-state index is 0.103. The lowest BCUT2D eigenvalue weighted by Gasteiger charge is -2.08. The Balaban J connectivity index is 1.94. The highest BCUT2D eigenvalue weighted by molar-refractivity contribution is 6.04. The Kier molecular flexibility index (Phi) is 6.91. The molecule has 6 nitrogen and oxygen atoms in total. The first-order valence-corrected chi connectivity index (χ1v) is 8.41. The van der Waals surface area contributed by atoms with Crippen molar-refractivity contribution in [3.05, 3.63) is 65.2 Å². The third kappa shape index (κ3) is 5.73. The zero-order valence-corrected chi connectivity index (χ0v) is 14.9. The average molecular weight is 354 g/mol. The third-order valence-corrected chi connectivity index (χ3v) is 3.57. The first kappa shape index (κ1) is 19.2. The molecule has 0 radical (unpaired) electrons. The van der Waals surface area contributed by atoms with Gasteiger partial charge in [-0.15, -0.1) is 0 Å². The van der Waals surface area contributed by atoms with E-state index in [0.717, 1.165) is 12.0 Å². The highest BCUT2D eigenvalue weighted by Gasteiger charge is 2.09. The number of carbonyl (C=O) groups excluding carboxylic acids is 3. The lowest BCUT2D eigenvalue weighted by atomic mass is 10.1. The van der Waals surface area contributed by atoms with Crippen LogP contribution in [0.1, 0.15) is 46.5 Å². The minimum atomic E-state index is -0.375. The Bertz CT molecular complexity index is 767. The molecule has 6 heteroatoms. The zero-order valence-electron chi connectivity index (χ0n) is 14.9. The monoisotopic (exact) mass is 354 g/mol. The number of hydrogen-bond acceptors (Lipinski definition) is 4. The molecule has 2 N–H and O–H groups in total. The van der Waals surface area contributed by atoms with Crippen molar-refractivity contribution < 1.29 is 19.1 Å². The van der Waals surface area contributed by atoms with E-state index < -0.39 is 0 Å². The van der Waals surface area contributed by atoms with E-state index >= 15 is 0 Å². The standard InChI is InChI=1S/C20H22N2O4/c1-3-12-26-20(25)17-8-10-18(11-9-17)22-19(24)16-6-4-15(5-7-16)13-21-14(2)23/h4-11H,3,12-13H2,1-2H3,(H,21,23)(H,22,24). The molecule has 0 aliphatic carbocycles. The Labute approximate surface area is 152 Å².